The zero-order valence-corrected chi connectivity index (χ0v) is 18.9. The SMILES string of the molecule is CCNC(=NCCS(=O)Cc1ccccc1)NCCC1=CCCCC1.I. The number of hydrogen-bond acceptors (Lipinski definition) is 2. The number of nitrogens with zero attached hydrogens (tertiary/aromatic N) is 1. The average molecular weight is 489 g/mol. The average Bonchev–Trinajstić information content (AvgIpc) is 2.63. The zero-order chi connectivity index (χ0) is 17.7. The number of allylic oxidation sites excluding steroid dienone is 1. The van der Waals surface area contributed by atoms with Gasteiger partial charge in [-0.2, -0.15) is 0 Å². The molecule has 1 aromatic rings. The van der Waals surface area contributed by atoms with Gasteiger partial charge in [0.05, 0.1) is 6.54 Å². The van der Waals surface area contributed by atoms with Gasteiger partial charge < -0.3 is 10.6 Å². The van der Waals surface area contributed by atoms with Crippen molar-refractivity contribution in [2.24, 2.45) is 4.99 Å². The van der Waals surface area contributed by atoms with Gasteiger partial charge in [-0.15, -0.1) is 24.0 Å². The van der Waals surface area contributed by atoms with Gasteiger partial charge in [0.25, 0.3) is 0 Å². The lowest BCUT2D eigenvalue weighted by Gasteiger charge is -2.15. The van der Waals surface area contributed by atoms with E-state index in [1.165, 1.54) is 25.7 Å². The van der Waals surface area contributed by atoms with E-state index in [1.807, 2.05) is 30.3 Å². The van der Waals surface area contributed by atoms with Crippen LogP contribution in [0.2, 0.25) is 0 Å². The summed E-state index contributed by atoms with van der Waals surface area (Å²) in [6.45, 7) is 4.39. The molecular weight excluding hydrogens is 457 g/mol. The topological polar surface area (TPSA) is 53.5 Å². The summed E-state index contributed by atoms with van der Waals surface area (Å²) in [6.07, 6.45) is 8.62. The third-order valence-corrected chi connectivity index (χ3v) is 5.52. The number of rotatable bonds is 9. The van der Waals surface area contributed by atoms with E-state index in [2.05, 4.69) is 28.6 Å². The number of hydrogen-bond donors (Lipinski definition) is 2. The molecule has 6 heteroatoms. The van der Waals surface area contributed by atoms with E-state index < -0.39 is 10.8 Å². The lowest BCUT2D eigenvalue weighted by Crippen LogP contribution is -2.38. The fourth-order valence-corrected chi connectivity index (χ4v) is 3.91. The first kappa shape index (κ1) is 23.1. The van der Waals surface area contributed by atoms with Crippen LogP contribution < -0.4 is 10.6 Å². The van der Waals surface area contributed by atoms with E-state index in [4.69, 9.17) is 0 Å². The molecule has 0 bridgehead atoms. The molecule has 0 saturated carbocycles. The van der Waals surface area contributed by atoms with Gasteiger partial charge in [0.2, 0.25) is 0 Å². The molecule has 0 saturated heterocycles. The maximum absolute atomic E-state index is 12.2. The van der Waals surface area contributed by atoms with Crippen LogP contribution in [0.3, 0.4) is 0 Å². The fourth-order valence-electron chi connectivity index (χ4n) is 2.91. The van der Waals surface area contributed by atoms with Crippen LogP contribution >= 0.6 is 24.0 Å². The van der Waals surface area contributed by atoms with Crippen LogP contribution in [0, 0.1) is 0 Å². The Balaban J connectivity index is 0.00000338. The first-order chi connectivity index (χ1) is 12.3. The van der Waals surface area contributed by atoms with E-state index >= 15 is 0 Å². The second kappa shape index (κ2) is 14.2. The van der Waals surface area contributed by atoms with Crippen LogP contribution in [0.1, 0.15) is 44.6 Å². The van der Waals surface area contributed by atoms with Crippen LogP contribution in [0.5, 0.6) is 0 Å². The lowest BCUT2D eigenvalue weighted by molar-refractivity contribution is 0.665. The number of guanidine groups is 1. The molecule has 1 aliphatic carbocycles. The first-order valence-electron chi connectivity index (χ1n) is 9.37. The number of aliphatic imine (C=N–C) groups is 1. The second-order valence-electron chi connectivity index (χ2n) is 6.32. The molecule has 26 heavy (non-hydrogen) atoms. The van der Waals surface area contributed by atoms with Gasteiger partial charge in [-0.1, -0.05) is 42.0 Å². The van der Waals surface area contributed by atoms with E-state index in [9.17, 15) is 4.21 Å². The van der Waals surface area contributed by atoms with Gasteiger partial charge in [0, 0.05) is 35.4 Å². The highest BCUT2D eigenvalue weighted by Gasteiger charge is 2.05. The molecule has 4 nitrogen and oxygen atoms in total. The summed E-state index contributed by atoms with van der Waals surface area (Å²) in [7, 11) is -0.873. The molecule has 0 aliphatic heterocycles. The van der Waals surface area contributed by atoms with Gasteiger partial charge in [0.1, 0.15) is 0 Å². The van der Waals surface area contributed by atoms with Crippen molar-refractivity contribution in [2.75, 3.05) is 25.4 Å². The molecule has 1 atom stereocenters. The maximum Gasteiger partial charge on any atom is 0.191 e. The zero-order valence-electron chi connectivity index (χ0n) is 15.7. The summed E-state index contributed by atoms with van der Waals surface area (Å²) in [6, 6.07) is 9.99. The summed E-state index contributed by atoms with van der Waals surface area (Å²) in [5.74, 6) is 2.03. The third-order valence-electron chi connectivity index (χ3n) is 4.23. The Bertz CT molecular complexity index is 590. The second-order valence-corrected chi connectivity index (χ2v) is 7.90. The highest BCUT2D eigenvalue weighted by molar-refractivity contribution is 14.0. The monoisotopic (exact) mass is 489 g/mol. The minimum absolute atomic E-state index is 0. The van der Waals surface area contributed by atoms with E-state index in [1.54, 1.807) is 5.57 Å². The van der Waals surface area contributed by atoms with E-state index in [-0.39, 0.29) is 24.0 Å². The molecule has 2 rings (SSSR count). The molecule has 2 N–H and O–H groups in total. The summed E-state index contributed by atoms with van der Waals surface area (Å²) >= 11 is 0. The van der Waals surface area contributed by atoms with Gasteiger partial charge in [-0.3, -0.25) is 9.20 Å². The van der Waals surface area contributed by atoms with Crippen molar-refractivity contribution in [1.29, 1.82) is 0 Å². The van der Waals surface area contributed by atoms with Crippen molar-refractivity contribution in [3.8, 4) is 0 Å². The molecule has 0 spiro atoms. The first-order valence-corrected chi connectivity index (χ1v) is 10.9. The van der Waals surface area contributed by atoms with Crippen molar-refractivity contribution in [1.82, 2.24) is 10.6 Å². The molecule has 1 aliphatic rings. The Kier molecular flexibility index (Phi) is 12.6. The Morgan fingerprint density at radius 3 is 2.69 bits per heavy atom. The van der Waals surface area contributed by atoms with Crippen LogP contribution in [0.15, 0.2) is 47.0 Å². The van der Waals surface area contributed by atoms with Gasteiger partial charge >= 0.3 is 0 Å². The highest BCUT2D eigenvalue weighted by atomic mass is 127. The Labute approximate surface area is 177 Å². The van der Waals surface area contributed by atoms with Crippen LogP contribution in [0.25, 0.3) is 0 Å². The lowest BCUT2D eigenvalue weighted by atomic mass is 9.97. The number of halogens is 1. The Morgan fingerprint density at radius 1 is 1.19 bits per heavy atom. The summed E-state index contributed by atoms with van der Waals surface area (Å²) in [5.41, 5.74) is 2.69. The smallest absolute Gasteiger partial charge is 0.191 e. The Morgan fingerprint density at radius 2 is 2.00 bits per heavy atom. The normalized spacial score (nSPS) is 15.6. The van der Waals surface area contributed by atoms with Crippen molar-refractivity contribution < 1.29 is 4.21 Å². The van der Waals surface area contributed by atoms with Crippen LogP contribution in [-0.4, -0.2) is 35.6 Å². The third kappa shape index (κ3) is 9.71. The van der Waals surface area contributed by atoms with E-state index in [0.29, 0.717) is 18.1 Å². The molecule has 0 radical (unpaired) electrons. The molecule has 1 unspecified atom stereocenters. The number of benzene rings is 1. The fraction of sp³-hybridized carbons (Fsp3) is 0.550. The highest BCUT2D eigenvalue weighted by Crippen LogP contribution is 2.19. The van der Waals surface area contributed by atoms with Gasteiger partial charge in [0.15, 0.2) is 5.96 Å². The summed E-state index contributed by atoms with van der Waals surface area (Å²) < 4.78 is 12.2. The quantitative estimate of drug-likeness (QED) is 0.239. The minimum Gasteiger partial charge on any atom is -0.357 e. The molecule has 0 amide bonds. The standard InChI is InChI=1S/C20H31N3OS.HI/c1-2-21-20(22-14-13-18-9-5-3-6-10-18)23-15-16-25(24)17-19-11-7-4-8-12-19;/h4,7-9,11-12H,2-3,5-6,10,13-17H2,1H3,(H2,21,22,23);1H. The molecule has 146 valence electrons. The minimum atomic E-state index is -0.873. The Hall–Kier alpha value is -0.890. The molecule has 0 fully saturated rings. The van der Waals surface area contributed by atoms with Gasteiger partial charge in [-0.05, 0) is 44.6 Å². The van der Waals surface area contributed by atoms with Gasteiger partial charge in [-0.25, -0.2) is 0 Å². The molecular formula is C20H32IN3OS. The van der Waals surface area contributed by atoms with Crippen molar-refractivity contribution in [3.05, 3.63) is 47.5 Å². The van der Waals surface area contributed by atoms with Crippen LogP contribution in [-0.2, 0) is 16.6 Å². The van der Waals surface area contributed by atoms with Crippen molar-refractivity contribution in [2.45, 2.75) is 44.8 Å². The predicted octanol–water partition coefficient (Wildman–Crippen LogP) is 4.00. The van der Waals surface area contributed by atoms with Crippen molar-refractivity contribution in [3.63, 3.8) is 0 Å². The molecule has 0 heterocycles. The molecule has 0 aromatic heterocycles. The van der Waals surface area contributed by atoms with E-state index in [0.717, 1.165) is 31.0 Å². The summed E-state index contributed by atoms with van der Waals surface area (Å²) in [4.78, 5) is 4.56. The predicted molar refractivity (Wildman–Crippen MR) is 124 cm³/mol. The summed E-state index contributed by atoms with van der Waals surface area (Å²) in [5, 5.41) is 6.65. The maximum atomic E-state index is 12.2. The number of nitrogens with one attached hydrogen (secondary N) is 2. The van der Waals surface area contributed by atoms with Crippen LogP contribution in [0.4, 0.5) is 0 Å². The van der Waals surface area contributed by atoms with Crippen molar-refractivity contribution >= 4 is 40.7 Å². The largest absolute Gasteiger partial charge is 0.357 e. The molecule has 1 aromatic carbocycles.